The Kier molecular flexibility index (Phi) is 4.65. The molecular formula is C10H16N4O3. The molecule has 17 heavy (non-hydrogen) atoms. The third-order valence-corrected chi connectivity index (χ3v) is 2.17. The van der Waals surface area contributed by atoms with E-state index in [9.17, 15) is 9.59 Å². The van der Waals surface area contributed by atoms with Crippen LogP contribution < -0.4 is 16.6 Å². The molecule has 0 amide bonds. The van der Waals surface area contributed by atoms with Crippen LogP contribution in [0.3, 0.4) is 0 Å². The number of aryl methyl sites for hydroxylation is 1. The van der Waals surface area contributed by atoms with E-state index < -0.39 is 12.0 Å². The molecule has 7 nitrogen and oxygen atoms in total. The zero-order chi connectivity index (χ0) is 12.8. The zero-order valence-electron chi connectivity index (χ0n) is 9.56. The first-order valence-corrected chi connectivity index (χ1v) is 5.29. The minimum absolute atomic E-state index is 0.220. The maximum atomic E-state index is 11.1. The Hall–Kier alpha value is -1.89. The number of nitrogens with zero attached hydrogens (tertiary/aromatic N) is 1. The Bertz CT molecular complexity index is 443. The van der Waals surface area contributed by atoms with Crippen LogP contribution in [0.4, 0.5) is 5.95 Å². The number of hydrogen-bond acceptors (Lipinski definition) is 5. The van der Waals surface area contributed by atoms with E-state index in [0.29, 0.717) is 31.0 Å². The lowest BCUT2D eigenvalue weighted by molar-refractivity contribution is -0.138. The molecule has 0 spiro atoms. The number of carbonyl (C=O) groups is 1. The number of anilines is 1. The highest BCUT2D eigenvalue weighted by atomic mass is 16.4. The van der Waals surface area contributed by atoms with Crippen LogP contribution in [0.2, 0.25) is 0 Å². The van der Waals surface area contributed by atoms with Gasteiger partial charge in [-0.15, -0.1) is 0 Å². The third kappa shape index (κ3) is 4.64. The molecule has 1 unspecified atom stereocenters. The van der Waals surface area contributed by atoms with E-state index in [1.165, 1.54) is 6.07 Å². The molecule has 0 saturated carbocycles. The van der Waals surface area contributed by atoms with E-state index >= 15 is 0 Å². The molecule has 7 heteroatoms. The highest BCUT2D eigenvalue weighted by Gasteiger charge is 2.09. The average molecular weight is 240 g/mol. The number of rotatable bonds is 6. The van der Waals surface area contributed by atoms with Crippen molar-refractivity contribution < 1.29 is 9.90 Å². The summed E-state index contributed by atoms with van der Waals surface area (Å²) < 4.78 is 0. The molecule has 0 bridgehead atoms. The summed E-state index contributed by atoms with van der Waals surface area (Å²) in [7, 11) is 0. The quantitative estimate of drug-likeness (QED) is 0.506. The van der Waals surface area contributed by atoms with E-state index in [2.05, 4.69) is 15.3 Å². The first-order valence-electron chi connectivity index (χ1n) is 5.29. The van der Waals surface area contributed by atoms with Gasteiger partial charge in [0.15, 0.2) is 0 Å². The molecule has 0 aromatic carbocycles. The predicted molar refractivity (Wildman–Crippen MR) is 62.9 cm³/mol. The molecule has 1 heterocycles. The number of H-pyrrole nitrogens is 1. The smallest absolute Gasteiger partial charge is 0.320 e. The van der Waals surface area contributed by atoms with Gasteiger partial charge in [0.25, 0.3) is 5.56 Å². The third-order valence-electron chi connectivity index (χ3n) is 2.17. The number of aromatic amines is 1. The maximum absolute atomic E-state index is 11.1. The lowest BCUT2D eigenvalue weighted by Crippen LogP contribution is -2.30. The van der Waals surface area contributed by atoms with Crippen molar-refractivity contribution in [3.05, 3.63) is 22.1 Å². The fraction of sp³-hybridized carbons (Fsp3) is 0.500. The van der Waals surface area contributed by atoms with Crippen molar-refractivity contribution in [3.63, 3.8) is 0 Å². The van der Waals surface area contributed by atoms with Crippen LogP contribution in [0.25, 0.3) is 0 Å². The van der Waals surface area contributed by atoms with Crippen LogP contribution in [0.1, 0.15) is 18.5 Å². The van der Waals surface area contributed by atoms with Gasteiger partial charge >= 0.3 is 5.97 Å². The van der Waals surface area contributed by atoms with Gasteiger partial charge in [-0.05, 0) is 19.8 Å². The van der Waals surface area contributed by atoms with Crippen molar-refractivity contribution in [2.24, 2.45) is 5.73 Å². The molecule has 94 valence electrons. The number of aromatic nitrogens is 2. The van der Waals surface area contributed by atoms with Gasteiger partial charge in [0.1, 0.15) is 6.04 Å². The van der Waals surface area contributed by atoms with Gasteiger partial charge in [0.2, 0.25) is 5.95 Å². The van der Waals surface area contributed by atoms with Gasteiger partial charge in [-0.3, -0.25) is 14.6 Å². The van der Waals surface area contributed by atoms with Gasteiger partial charge in [-0.1, -0.05) is 0 Å². The second-order valence-electron chi connectivity index (χ2n) is 3.75. The fourth-order valence-electron chi connectivity index (χ4n) is 1.32. The molecule has 0 aliphatic heterocycles. The Labute approximate surface area is 98.1 Å². The summed E-state index contributed by atoms with van der Waals surface area (Å²) in [6.45, 7) is 2.23. The normalized spacial score (nSPS) is 12.1. The molecule has 0 radical (unpaired) electrons. The Balaban J connectivity index is 2.36. The minimum atomic E-state index is -1.01. The summed E-state index contributed by atoms with van der Waals surface area (Å²) >= 11 is 0. The number of hydrogen-bond donors (Lipinski definition) is 4. The highest BCUT2D eigenvalue weighted by Crippen LogP contribution is 1.98. The minimum Gasteiger partial charge on any atom is -0.480 e. The van der Waals surface area contributed by atoms with Crippen LogP contribution >= 0.6 is 0 Å². The molecule has 1 aromatic heterocycles. The molecule has 0 aliphatic carbocycles. The van der Waals surface area contributed by atoms with E-state index in [-0.39, 0.29) is 5.56 Å². The Morgan fingerprint density at radius 3 is 3.00 bits per heavy atom. The predicted octanol–water partition coefficient (Wildman–Crippen LogP) is -0.318. The second kappa shape index (κ2) is 6.00. The van der Waals surface area contributed by atoms with Crippen molar-refractivity contribution in [1.29, 1.82) is 0 Å². The van der Waals surface area contributed by atoms with Crippen LogP contribution in [-0.2, 0) is 4.79 Å². The summed E-state index contributed by atoms with van der Waals surface area (Å²) in [4.78, 5) is 28.2. The van der Waals surface area contributed by atoms with E-state index in [1.807, 2.05) is 0 Å². The number of nitrogens with one attached hydrogen (secondary N) is 2. The molecule has 0 aliphatic rings. The molecular weight excluding hydrogens is 224 g/mol. The van der Waals surface area contributed by atoms with E-state index in [0.717, 1.165) is 0 Å². The van der Waals surface area contributed by atoms with Crippen molar-refractivity contribution in [3.8, 4) is 0 Å². The summed E-state index contributed by atoms with van der Waals surface area (Å²) in [5.41, 5.74) is 5.75. The maximum Gasteiger partial charge on any atom is 0.320 e. The number of carboxylic acid groups (broad SMARTS) is 1. The van der Waals surface area contributed by atoms with Crippen LogP contribution in [0, 0.1) is 6.92 Å². The van der Waals surface area contributed by atoms with Crippen LogP contribution in [0.5, 0.6) is 0 Å². The van der Waals surface area contributed by atoms with Crippen molar-refractivity contribution in [2.75, 3.05) is 11.9 Å². The molecule has 1 rings (SSSR count). The van der Waals surface area contributed by atoms with Gasteiger partial charge < -0.3 is 16.2 Å². The van der Waals surface area contributed by atoms with Gasteiger partial charge in [-0.25, -0.2) is 4.98 Å². The molecule has 1 atom stereocenters. The lowest BCUT2D eigenvalue weighted by atomic mass is 10.2. The zero-order valence-corrected chi connectivity index (χ0v) is 9.56. The summed E-state index contributed by atoms with van der Waals surface area (Å²) in [6, 6.07) is 0.548. The summed E-state index contributed by atoms with van der Waals surface area (Å²) in [5, 5.41) is 11.5. The summed E-state index contributed by atoms with van der Waals surface area (Å²) in [5.74, 6) is -0.619. The van der Waals surface area contributed by atoms with Crippen molar-refractivity contribution >= 4 is 11.9 Å². The van der Waals surface area contributed by atoms with E-state index in [1.54, 1.807) is 6.92 Å². The average Bonchev–Trinajstić information content (AvgIpc) is 2.22. The van der Waals surface area contributed by atoms with Crippen LogP contribution in [-0.4, -0.2) is 33.6 Å². The fourth-order valence-corrected chi connectivity index (χ4v) is 1.32. The van der Waals surface area contributed by atoms with Crippen molar-refractivity contribution in [1.82, 2.24) is 9.97 Å². The number of aliphatic carboxylic acids is 1. The largest absolute Gasteiger partial charge is 0.480 e. The molecule has 1 aromatic rings. The molecule has 5 N–H and O–H groups in total. The first kappa shape index (κ1) is 13.2. The Morgan fingerprint density at radius 2 is 2.41 bits per heavy atom. The van der Waals surface area contributed by atoms with Crippen LogP contribution in [0.15, 0.2) is 10.9 Å². The van der Waals surface area contributed by atoms with Gasteiger partial charge in [0, 0.05) is 18.3 Å². The lowest BCUT2D eigenvalue weighted by Gasteiger charge is -2.07. The highest BCUT2D eigenvalue weighted by molar-refractivity contribution is 5.72. The number of nitrogens with two attached hydrogens (primary N) is 1. The van der Waals surface area contributed by atoms with Crippen molar-refractivity contribution in [2.45, 2.75) is 25.8 Å². The van der Waals surface area contributed by atoms with Gasteiger partial charge in [-0.2, -0.15) is 0 Å². The van der Waals surface area contributed by atoms with Gasteiger partial charge in [0.05, 0.1) is 0 Å². The second-order valence-corrected chi connectivity index (χ2v) is 3.75. The SMILES string of the molecule is Cc1cc(=O)[nH]c(NCCCC(N)C(=O)O)n1. The summed E-state index contributed by atoms with van der Waals surface area (Å²) in [6.07, 6.45) is 0.962. The number of carboxylic acids is 1. The molecule has 0 fully saturated rings. The first-order chi connectivity index (χ1) is 7.99. The monoisotopic (exact) mass is 240 g/mol. The molecule has 0 saturated heterocycles. The van der Waals surface area contributed by atoms with E-state index in [4.69, 9.17) is 10.8 Å². The standard InChI is InChI=1S/C10H16N4O3/c1-6-5-8(15)14-10(13-6)12-4-2-3-7(11)9(16)17/h5,7H,2-4,11H2,1H3,(H,16,17)(H2,12,13,14,15). The topological polar surface area (TPSA) is 121 Å². The Morgan fingerprint density at radius 1 is 1.71 bits per heavy atom.